The highest BCUT2D eigenvalue weighted by Crippen LogP contribution is 2.33. The molecule has 0 aliphatic carbocycles. The first-order chi connectivity index (χ1) is 8.61. The summed E-state index contributed by atoms with van der Waals surface area (Å²) in [6.07, 6.45) is 0.528. The minimum atomic E-state index is -1.16. The lowest BCUT2D eigenvalue weighted by atomic mass is 10.0. The molecule has 1 unspecified atom stereocenters. The number of urea groups is 1. The zero-order valence-corrected chi connectivity index (χ0v) is 10.5. The molecule has 102 valence electrons. The van der Waals surface area contributed by atoms with E-state index in [1.165, 1.54) is 0 Å². The third-order valence-corrected chi connectivity index (χ3v) is 4.80. The molecule has 2 rings (SSSR count). The Balaban J connectivity index is 1.74. The minimum absolute atomic E-state index is 0.126. The smallest absolute Gasteiger partial charge is 0.336 e. The molecule has 7 nitrogen and oxygen atoms in total. The van der Waals surface area contributed by atoms with Gasteiger partial charge in [0.15, 0.2) is 6.10 Å². The minimum Gasteiger partial charge on any atom is -0.479 e. The van der Waals surface area contributed by atoms with Gasteiger partial charge in [0.1, 0.15) is 0 Å². The highest BCUT2D eigenvalue weighted by Gasteiger charge is 2.42. The van der Waals surface area contributed by atoms with E-state index in [2.05, 4.69) is 15.5 Å². The van der Waals surface area contributed by atoms with Crippen molar-refractivity contribution in [2.45, 2.75) is 42.7 Å². The summed E-state index contributed by atoms with van der Waals surface area (Å²) < 4.78 is 0. The largest absolute Gasteiger partial charge is 0.479 e. The summed E-state index contributed by atoms with van der Waals surface area (Å²) in [7, 11) is 0. The molecule has 8 heteroatoms. The molecular formula is C10H16N2O5S. The van der Waals surface area contributed by atoms with Crippen LogP contribution in [0, 0.1) is 0 Å². The Bertz CT molecular complexity index is 340. The van der Waals surface area contributed by atoms with Gasteiger partial charge >= 0.3 is 12.0 Å². The van der Waals surface area contributed by atoms with Crippen LogP contribution < -0.4 is 10.6 Å². The molecular weight excluding hydrogens is 260 g/mol. The first-order valence-electron chi connectivity index (χ1n) is 5.83. The van der Waals surface area contributed by atoms with E-state index >= 15 is 0 Å². The summed E-state index contributed by atoms with van der Waals surface area (Å²) in [5.74, 6) is -0.280. The van der Waals surface area contributed by atoms with Crippen LogP contribution >= 0.6 is 11.8 Å². The molecule has 4 atom stereocenters. The average molecular weight is 276 g/mol. The van der Waals surface area contributed by atoms with E-state index in [0.717, 1.165) is 12.2 Å². The van der Waals surface area contributed by atoms with Gasteiger partial charge in [-0.1, -0.05) is 0 Å². The molecule has 0 bridgehead atoms. The summed E-state index contributed by atoms with van der Waals surface area (Å²) in [6, 6.07) is 0.176. The zero-order chi connectivity index (χ0) is 13.1. The number of nitrogens with one attached hydrogen (secondary N) is 2. The summed E-state index contributed by atoms with van der Waals surface area (Å²) in [5, 5.41) is 23.1. The van der Waals surface area contributed by atoms with Gasteiger partial charge in [-0.2, -0.15) is 11.8 Å². The highest BCUT2D eigenvalue weighted by molar-refractivity contribution is 8.00. The highest BCUT2D eigenvalue weighted by atomic mass is 32.2. The number of aliphatic carboxylic acids is 1. The molecule has 2 aliphatic rings. The molecule has 2 heterocycles. The summed E-state index contributed by atoms with van der Waals surface area (Å²) in [5.41, 5.74) is 0. The van der Waals surface area contributed by atoms with Crippen LogP contribution in [0.1, 0.15) is 19.3 Å². The lowest BCUT2D eigenvalue weighted by Gasteiger charge is -2.17. The number of hydrogen-bond donors (Lipinski definition) is 4. The zero-order valence-electron chi connectivity index (χ0n) is 9.67. The number of carbonyl (C=O) groups is 2. The maximum Gasteiger partial charge on any atom is 0.336 e. The number of hydrogen-bond acceptors (Lipinski definition) is 5. The molecule has 0 radical (unpaired) electrons. The average Bonchev–Trinajstić information content (AvgIpc) is 2.84. The van der Waals surface area contributed by atoms with Gasteiger partial charge in [0.2, 0.25) is 0 Å². The fourth-order valence-corrected chi connectivity index (χ4v) is 3.91. The maximum absolute atomic E-state index is 11.2. The topological polar surface area (TPSA) is 108 Å². The van der Waals surface area contributed by atoms with Crippen LogP contribution in [0.3, 0.4) is 0 Å². The first kappa shape index (κ1) is 13.4. The van der Waals surface area contributed by atoms with Crippen LogP contribution in [0.5, 0.6) is 0 Å². The number of carboxylic acid groups (broad SMARTS) is 1. The van der Waals surface area contributed by atoms with Crippen LogP contribution in [0.15, 0.2) is 0 Å². The molecule has 2 amide bonds. The van der Waals surface area contributed by atoms with Crippen LogP contribution in [-0.2, 0) is 9.68 Å². The lowest BCUT2D eigenvalue weighted by molar-refractivity contribution is -0.277. The van der Waals surface area contributed by atoms with E-state index in [1.807, 2.05) is 0 Å². The maximum atomic E-state index is 11.2. The van der Waals surface area contributed by atoms with E-state index in [4.69, 9.17) is 10.4 Å². The second-order valence-electron chi connectivity index (χ2n) is 4.49. The van der Waals surface area contributed by atoms with Crippen molar-refractivity contribution >= 4 is 23.8 Å². The van der Waals surface area contributed by atoms with Crippen molar-refractivity contribution in [2.24, 2.45) is 0 Å². The number of carboxylic acids is 1. The Morgan fingerprint density at radius 3 is 3.00 bits per heavy atom. The third kappa shape index (κ3) is 2.88. The van der Waals surface area contributed by atoms with Gasteiger partial charge in [0.05, 0.1) is 12.1 Å². The number of rotatable bonds is 6. The van der Waals surface area contributed by atoms with Crippen LogP contribution in [-0.4, -0.2) is 51.6 Å². The van der Waals surface area contributed by atoms with Crippen molar-refractivity contribution in [1.29, 1.82) is 0 Å². The fourth-order valence-electron chi connectivity index (χ4n) is 2.37. The van der Waals surface area contributed by atoms with E-state index in [1.54, 1.807) is 11.8 Å². The summed E-state index contributed by atoms with van der Waals surface area (Å²) in [4.78, 5) is 25.7. The van der Waals surface area contributed by atoms with Gasteiger partial charge in [-0.25, -0.2) is 14.5 Å². The van der Waals surface area contributed by atoms with E-state index in [0.29, 0.717) is 11.7 Å². The van der Waals surface area contributed by atoms with Crippen molar-refractivity contribution in [3.8, 4) is 0 Å². The van der Waals surface area contributed by atoms with Crippen molar-refractivity contribution in [1.82, 2.24) is 10.6 Å². The van der Waals surface area contributed by atoms with Crippen LogP contribution in [0.4, 0.5) is 4.79 Å². The standard InChI is InChI=1S/C10H16N2O5S/c13-9(14)6(17-16)2-1-3-7-8-5(4-18-7)11-10(15)12-8/h5-8,16H,1-4H2,(H,13,14)(H2,11,12,15)/t5-,6?,7-,8-/m0/s1. The van der Waals surface area contributed by atoms with E-state index < -0.39 is 12.1 Å². The monoisotopic (exact) mass is 276 g/mol. The Kier molecular flexibility index (Phi) is 4.31. The van der Waals surface area contributed by atoms with Gasteiger partial charge < -0.3 is 15.7 Å². The molecule has 0 saturated carbocycles. The normalized spacial score (nSPS) is 31.6. The van der Waals surface area contributed by atoms with Crippen LogP contribution in [0.2, 0.25) is 0 Å². The Morgan fingerprint density at radius 1 is 1.56 bits per heavy atom. The molecule has 0 aromatic heterocycles. The third-order valence-electron chi connectivity index (χ3n) is 3.30. The SMILES string of the molecule is O=C1N[C@H]2[C@H](CS[C@H]2CCCC(OO)C(=O)O)N1. The number of amides is 2. The Hall–Kier alpha value is -0.990. The molecule has 4 N–H and O–H groups in total. The fraction of sp³-hybridized carbons (Fsp3) is 0.800. The molecule has 2 aliphatic heterocycles. The second kappa shape index (κ2) is 5.77. The molecule has 2 saturated heterocycles. The predicted molar refractivity (Wildman–Crippen MR) is 64.5 cm³/mol. The number of fused-ring (bicyclic) bond motifs is 1. The van der Waals surface area contributed by atoms with Gasteiger partial charge in [0.25, 0.3) is 0 Å². The second-order valence-corrected chi connectivity index (χ2v) is 5.76. The van der Waals surface area contributed by atoms with Crippen molar-refractivity contribution < 1.29 is 24.8 Å². The van der Waals surface area contributed by atoms with Gasteiger partial charge in [-0.3, -0.25) is 5.26 Å². The predicted octanol–water partition coefficient (Wildman–Crippen LogP) is 0.265. The molecule has 0 aromatic rings. The van der Waals surface area contributed by atoms with Crippen molar-refractivity contribution in [2.75, 3.05) is 5.75 Å². The molecule has 2 fully saturated rings. The van der Waals surface area contributed by atoms with Crippen molar-refractivity contribution in [3.05, 3.63) is 0 Å². The Morgan fingerprint density at radius 2 is 2.33 bits per heavy atom. The number of carbonyl (C=O) groups excluding carboxylic acids is 1. The van der Waals surface area contributed by atoms with E-state index in [9.17, 15) is 9.59 Å². The quantitative estimate of drug-likeness (QED) is 0.315. The summed E-state index contributed by atoms with van der Waals surface area (Å²) >= 11 is 1.78. The summed E-state index contributed by atoms with van der Waals surface area (Å²) in [6.45, 7) is 0. The van der Waals surface area contributed by atoms with Gasteiger partial charge in [-0.15, -0.1) is 0 Å². The molecule has 0 spiro atoms. The number of thioether (sulfide) groups is 1. The molecule has 0 aromatic carbocycles. The molecule has 18 heavy (non-hydrogen) atoms. The van der Waals surface area contributed by atoms with Gasteiger partial charge in [-0.05, 0) is 19.3 Å². The Labute approximate surface area is 108 Å². The van der Waals surface area contributed by atoms with Crippen molar-refractivity contribution in [3.63, 3.8) is 0 Å². The van der Waals surface area contributed by atoms with Crippen LogP contribution in [0.25, 0.3) is 0 Å². The first-order valence-corrected chi connectivity index (χ1v) is 6.88. The lowest BCUT2D eigenvalue weighted by Crippen LogP contribution is -2.37. The van der Waals surface area contributed by atoms with E-state index in [-0.39, 0.29) is 24.5 Å². The van der Waals surface area contributed by atoms with Gasteiger partial charge in [0, 0.05) is 11.0 Å².